The molecule has 1 heterocycles. The van der Waals surface area contributed by atoms with E-state index in [1.807, 2.05) is 42.5 Å². The third kappa shape index (κ3) is 8.09. The normalized spacial score (nSPS) is 15.3. The number of hydrogen-bond acceptors (Lipinski definition) is 4. The Balaban J connectivity index is 1.04. The zero-order valence-electron chi connectivity index (χ0n) is 23.1. The van der Waals surface area contributed by atoms with Crippen molar-refractivity contribution >= 4 is 0 Å². The maximum atomic E-state index is 13.5. The van der Waals surface area contributed by atoms with Gasteiger partial charge < -0.3 is 14.4 Å². The molecular weight excluding hydrogens is 499 g/mol. The van der Waals surface area contributed by atoms with Gasteiger partial charge in [0.1, 0.15) is 18.0 Å². The minimum atomic E-state index is -0.228. The molecule has 208 valence electrons. The molecule has 0 N–H and O–H groups in total. The predicted octanol–water partition coefficient (Wildman–Crippen LogP) is 6.75. The Morgan fingerprint density at radius 2 is 0.900 bits per heavy atom. The van der Waals surface area contributed by atoms with Crippen LogP contribution in [0.2, 0.25) is 0 Å². The summed E-state index contributed by atoms with van der Waals surface area (Å²) in [5.41, 5.74) is 4.45. The molecule has 0 aliphatic carbocycles. The molecule has 0 amide bonds. The van der Waals surface area contributed by atoms with E-state index < -0.39 is 0 Å². The summed E-state index contributed by atoms with van der Waals surface area (Å²) in [6.07, 6.45) is 0.733. The van der Waals surface area contributed by atoms with E-state index in [1.54, 1.807) is 0 Å². The summed E-state index contributed by atoms with van der Waals surface area (Å²) in [4.78, 5) is 5.02. The van der Waals surface area contributed by atoms with Gasteiger partial charge in [-0.05, 0) is 40.8 Å². The van der Waals surface area contributed by atoms with Crippen LogP contribution in [-0.2, 0) is 9.47 Å². The summed E-state index contributed by atoms with van der Waals surface area (Å²) in [7, 11) is 0. The molecule has 4 aromatic rings. The van der Waals surface area contributed by atoms with E-state index in [0.717, 1.165) is 56.8 Å². The van der Waals surface area contributed by atoms with Gasteiger partial charge in [0.25, 0.3) is 0 Å². The molecule has 1 fully saturated rings. The zero-order chi connectivity index (χ0) is 27.4. The molecule has 4 aromatic carbocycles. The van der Waals surface area contributed by atoms with Gasteiger partial charge in [-0.2, -0.15) is 0 Å². The number of ether oxygens (including phenoxy) is 2. The molecule has 0 radical (unpaired) electrons. The summed E-state index contributed by atoms with van der Waals surface area (Å²) in [5.74, 6) is -0.228. The summed E-state index contributed by atoms with van der Waals surface area (Å²) in [6.45, 7) is 7.52. The van der Waals surface area contributed by atoms with Gasteiger partial charge in [0.05, 0.1) is 6.61 Å². The van der Waals surface area contributed by atoms with Crippen molar-refractivity contribution in [2.24, 2.45) is 0 Å². The number of piperazine rings is 1. The molecule has 1 atom stereocenters. The zero-order valence-corrected chi connectivity index (χ0v) is 23.1. The average Bonchev–Trinajstić information content (AvgIpc) is 3.02. The fourth-order valence-corrected chi connectivity index (χ4v) is 5.32. The van der Waals surface area contributed by atoms with E-state index in [-0.39, 0.29) is 18.0 Å². The summed E-state index contributed by atoms with van der Waals surface area (Å²) in [5, 5.41) is 0. The largest absolute Gasteiger partial charge is 0.369 e. The monoisotopic (exact) mass is 538 g/mol. The van der Waals surface area contributed by atoms with Gasteiger partial charge in [-0.25, -0.2) is 4.39 Å². The first-order valence-corrected chi connectivity index (χ1v) is 14.3. The fraction of sp³-hybridized carbons (Fsp3) is 0.314. The maximum Gasteiger partial charge on any atom is 0.123 e. The van der Waals surface area contributed by atoms with Crippen molar-refractivity contribution in [3.8, 4) is 0 Å². The highest BCUT2D eigenvalue weighted by atomic mass is 19.1. The SMILES string of the molecule is Fc1ccc(C(OCCCN2CCN(CCOC(c3ccccc3)c3ccccc3)CC2)c2ccccc2)cc1. The van der Waals surface area contributed by atoms with Crippen molar-refractivity contribution in [2.45, 2.75) is 18.6 Å². The lowest BCUT2D eigenvalue weighted by Gasteiger charge is -2.35. The van der Waals surface area contributed by atoms with Crippen LogP contribution in [-0.4, -0.2) is 62.3 Å². The summed E-state index contributed by atoms with van der Waals surface area (Å²) >= 11 is 0. The highest BCUT2D eigenvalue weighted by Gasteiger charge is 2.19. The molecule has 0 bridgehead atoms. The molecule has 5 heteroatoms. The Bertz CT molecular complexity index is 1210. The standard InChI is InChI=1S/C35H39FN2O2/c36-33-19-17-32(18-20-33)35(31-15-8-3-9-16-31)39-27-10-21-37-22-24-38(25-23-37)26-28-40-34(29-11-4-1-5-12-29)30-13-6-2-7-14-30/h1-9,11-20,34-35H,10,21-28H2. The van der Waals surface area contributed by atoms with Crippen molar-refractivity contribution < 1.29 is 13.9 Å². The first kappa shape index (κ1) is 28.2. The highest BCUT2D eigenvalue weighted by molar-refractivity contribution is 5.31. The van der Waals surface area contributed by atoms with Crippen LogP contribution < -0.4 is 0 Å². The molecule has 1 saturated heterocycles. The molecule has 0 aromatic heterocycles. The van der Waals surface area contributed by atoms with E-state index in [1.165, 1.54) is 23.3 Å². The lowest BCUT2D eigenvalue weighted by Crippen LogP contribution is -2.47. The van der Waals surface area contributed by atoms with E-state index in [4.69, 9.17) is 9.47 Å². The third-order valence-electron chi connectivity index (χ3n) is 7.54. The van der Waals surface area contributed by atoms with Crippen molar-refractivity contribution in [1.82, 2.24) is 9.80 Å². The van der Waals surface area contributed by atoms with Crippen molar-refractivity contribution in [3.63, 3.8) is 0 Å². The van der Waals surface area contributed by atoms with Crippen LogP contribution in [0.5, 0.6) is 0 Å². The molecular formula is C35H39FN2O2. The molecule has 0 spiro atoms. The van der Waals surface area contributed by atoms with Crippen molar-refractivity contribution in [1.29, 1.82) is 0 Å². The van der Waals surface area contributed by atoms with Gasteiger partial charge in [0, 0.05) is 45.9 Å². The second-order valence-corrected chi connectivity index (χ2v) is 10.3. The van der Waals surface area contributed by atoms with Crippen LogP contribution in [0, 0.1) is 5.82 Å². The van der Waals surface area contributed by atoms with Gasteiger partial charge in [0.15, 0.2) is 0 Å². The quantitative estimate of drug-likeness (QED) is 0.176. The maximum absolute atomic E-state index is 13.5. The Labute approximate surface area is 238 Å². The number of hydrogen-bond donors (Lipinski definition) is 0. The number of nitrogens with zero attached hydrogens (tertiary/aromatic N) is 2. The van der Waals surface area contributed by atoms with Gasteiger partial charge in [0.2, 0.25) is 0 Å². The minimum Gasteiger partial charge on any atom is -0.369 e. The van der Waals surface area contributed by atoms with Crippen molar-refractivity contribution in [2.75, 3.05) is 52.5 Å². The molecule has 1 unspecified atom stereocenters. The Morgan fingerprint density at radius 3 is 1.38 bits per heavy atom. The van der Waals surface area contributed by atoms with Crippen LogP contribution >= 0.6 is 0 Å². The second kappa shape index (κ2) is 14.9. The molecule has 5 rings (SSSR count). The number of rotatable bonds is 13. The minimum absolute atomic E-state index is 0.0432. The first-order chi connectivity index (χ1) is 19.8. The second-order valence-electron chi connectivity index (χ2n) is 10.3. The molecule has 0 saturated carbocycles. The highest BCUT2D eigenvalue weighted by Crippen LogP contribution is 2.27. The average molecular weight is 539 g/mol. The number of halogens is 1. The van der Waals surface area contributed by atoms with Crippen LogP contribution in [0.3, 0.4) is 0 Å². The van der Waals surface area contributed by atoms with E-state index in [2.05, 4.69) is 70.5 Å². The smallest absolute Gasteiger partial charge is 0.123 e. The lowest BCUT2D eigenvalue weighted by molar-refractivity contribution is 0.0403. The van der Waals surface area contributed by atoms with Gasteiger partial charge in [-0.1, -0.05) is 103 Å². The summed E-state index contributed by atoms with van der Waals surface area (Å²) < 4.78 is 26.3. The molecule has 4 nitrogen and oxygen atoms in total. The van der Waals surface area contributed by atoms with Gasteiger partial charge >= 0.3 is 0 Å². The number of benzene rings is 4. The van der Waals surface area contributed by atoms with E-state index >= 15 is 0 Å². The van der Waals surface area contributed by atoms with Crippen LogP contribution in [0.1, 0.15) is 40.9 Å². The van der Waals surface area contributed by atoms with Gasteiger partial charge in [-0.3, -0.25) is 4.90 Å². The third-order valence-corrected chi connectivity index (χ3v) is 7.54. The lowest BCUT2D eigenvalue weighted by atomic mass is 10.0. The van der Waals surface area contributed by atoms with Crippen molar-refractivity contribution in [3.05, 3.63) is 143 Å². The Hall–Kier alpha value is -3.35. The fourth-order valence-electron chi connectivity index (χ4n) is 5.32. The molecule has 40 heavy (non-hydrogen) atoms. The van der Waals surface area contributed by atoms with Crippen LogP contribution in [0.4, 0.5) is 4.39 Å². The predicted molar refractivity (Wildman–Crippen MR) is 159 cm³/mol. The van der Waals surface area contributed by atoms with Crippen LogP contribution in [0.25, 0.3) is 0 Å². The van der Waals surface area contributed by atoms with E-state index in [9.17, 15) is 4.39 Å². The Kier molecular flexibility index (Phi) is 10.5. The van der Waals surface area contributed by atoms with Gasteiger partial charge in [-0.15, -0.1) is 0 Å². The molecule has 1 aliphatic rings. The van der Waals surface area contributed by atoms with Crippen LogP contribution in [0.15, 0.2) is 115 Å². The molecule has 1 aliphatic heterocycles. The first-order valence-electron chi connectivity index (χ1n) is 14.3. The summed E-state index contributed by atoms with van der Waals surface area (Å²) in [6, 6.07) is 37.8. The Morgan fingerprint density at radius 1 is 0.500 bits per heavy atom. The topological polar surface area (TPSA) is 24.9 Å². The van der Waals surface area contributed by atoms with E-state index in [0.29, 0.717) is 13.2 Å².